The number of benzene rings is 3. The number of fused-ring (bicyclic) bond motifs is 1. The van der Waals surface area contributed by atoms with E-state index in [1.54, 1.807) is 47.1 Å². The van der Waals surface area contributed by atoms with Gasteiger partial charge in [0.2, 0.25) is 11.8 Å². The summed E-state index contributed by atoms with van der Waals surface area (Å²) < 4.78 is 5.43. The van der Waals surface area contributed by atoms with Crippen molar-refractivity contribution in [1.82, 2.24) is 10.2 Å². The van der Waals surface area contributed by atoms with Crippen molar-refractivity contribution in [2.75, 3.05) is 37.0 Å². The molecule has 0 aliphatic carbocycles. The van der Waals surface area contributed by atoms with Gasteiger partial charge in [0.1, 0.15) is 5.75 Å². The van der Waals surface area contributed by atoms with E-state index in [1.165, 1.54) is 7.11 Å². The van der Waals surface area contributed by atoms with Crippen LogP contribution in [0.5, 0.6) is 5.75 Å². The molecule has 242 valence electrons. The Morgan fingerprint density at radius 3 is 2.63 bits per heavy atom. The maximum atomic E-state index is 14.1. The summed E-state index contributed by atoms with van der Waals surface area (Å²) in [5.41, 5.74) is 1.45. The fourth-order valence-corrected chi connectivity index (χ4v) is 6.14. The molecular weight excluding hydrogens is 584 g/mol. The van der Waals surface area contributed by atoms with Crippen LogP contribution in [0.25, 0.3) is 0 Å². The highest BCUT2D eigenvalue weighted by molar-refractivity contribution is 6.07. The quantitative estimate of drug-likeness (QED) is 0.213. The Balaban J connectivity index is 1.33. The molecule has 0 saturated carbocycles. The largest absolute Gasteiger partial charge is 0.497 e. The highest BCUT2D eigenvalue weighted by Gasteiger charge is 2.52. The number of nitrogens with one attached hydrogen (secondary N) is 2. The van der Waals surface area contributed by atoms with Crippen molar-refractivity contribution < 1.29 is 29.3 Å². The number of anilines is 2. The molecule has 2 heterocycles. The van der Waals surface area contributed by atoms with Crippen LogP contribution in [-0.4, -0.2) is 65.7 Å². The minimum absolute atomic E-state index is 0.0466. The Hall–Kier alpha value is -4.51. The number of nitrogens with zero attached hydrogens (tertiary/aromatic N) is 2. The van der Waals surface area contributed by atoms with E-state index in [9.17, 15) is 24.6 Å². The third-order valence-corrected chi connectivity index (χ3v) is 8.70. The van der Waals surface area contributed by atoms with E-state index in [0.29, 0.717) is 29.2 Å². The summed E-state index contributed by atoms with van der Waals surface area (Å²) in [6, 6.07) is 21.9. The van der Waals surface area contributed by atoms with Crippen LogP contribution in [0.15, 0.2) is 84.9 Å². The fourth-order valence-electron chi connectivity index (χ4n) is 6.14. The van der Waals surface area contributed by atoms with E-state index in [2.05, 4.69) is 10.6 Å². The second kappa shape index (κ2) is 14.7. The molecule has 0 aromatic heterocycles. The zero-order valence-electron chi connectivity index (χ0n) is 26.3. The van der Waals surface area contributed by atoms with Gasteiger partial charge in [-0.1, -0.05) is 61.5 Å². The van der Waals surface area contributed by atoms with E-state index in [0.717, 1.165) is 30.5 Å². The summed E-state index contributed by atoms with van der Waals surface area (Å²) in [7, 11) is 1.53. The van der Waals surface area contributed by atoms with Crippen LogP contribution in [0.1, 0.15) is 42.9 Å². The molecule has 46 heavy (non-hydrogen) atoms. The van der Waals surface area contributed by atoms with Crippen LogP contribution in [0, 0.1) is 5.92 Å². The Morgan fingerprint density at radius 2 is 1.91 bits per heavy atom. The molecule has 1 fully saturated rings. The van der Waals surface area contributed by atoms with Gasteiger partial charge in [-0.2, -0.15) is 0 Å². The van der Waals surface area contributed by atoms with Gasteiger partial charge in [0.15, 0.2) is 5.60 Å². The normalized spacial score (nSPS) is 19.7. The average molecular weight is 627 g/mol. The number of hydrogen-bond acceptors (Lipinski definition) is 7. The first-order valence-corrected chi connectivity index (χ1v) is 15.7. The van der Waals surface area contributed by atoms with E-state index < -0.39 is 17.4 Å². The summed E-state index contributed by atoms with van der Waals surface area (Å²) in [6.45, 7) is 3.16. The number of carbonyl (C=O) groups is 3. The van der Waals surface area contributed by atoms with Crippen molar-refractivity contribution in [2.24, 2.45) is 5.92 Å². The molecule has 5 rings (SSSR count). The minimum Gasteiger partial charge on any atom is -0.497 e. The van der Waals surface area contributed by atoms with Crippen molar-refractivity contribution in [1.29, 1.82) is 0 Å². The number of methoxy groups -OCH3 is 1. The Labute approximate surface area is 269 Å². The Morgan fingerprint density at radius 1 is 1.13 bits per heavy atom. The molecule has 4 N–H and O–H groups in total. The molecule has 3 aromatic carbocycles. The van der Waals surface area contributed by atoms with Crippen molar-refractivity contribution in [3.63, 3.8) is 0 Å². The fraction of sp³-hybridized carbons (Fsp3) is 0.361. The van der Waals surface area contributed by atoms with Gasteiger partial charge >= 0.3 is 0 Å². The van der Waals surface area contributed by atoms with Gasteiger partial charge in [0.05, 0.1) is 32.0 Å². The lowest BCUT2D eigenvalue weighted by atomic mass is 9.83. The van der Waals surface area contributed by atoms with Crippen LogP contribution in [0.3, 0.4) is 0 Å². The lowest BCUT2D eigenvalue weighted by molar-refractivity contribution is -0.139. The predicted octanol–water partition coefficient (Wildman–Crippen LogP) is 3.72. The lowest BCUT2D eigenvalue weighted by Crippen LogP contribution is -2.44. The zero-order chi connectivity index (χ0) is 32.7. The van der Waals surface area contributed by atoms with Crippen LogP contribution in [0.4, 0.5) is 11.4 Å². The topological polar surface area (TPSA) is 131 Å². The van der Waals surface area contributed by atoms with Gasteiger partial charge in [0.25, 0.3) is 5.91 Å². The molecular formula is C36H42N4O6. The number of hydrogen-bond donors (Lipinski definition) is 4. The number of rotatable bonds is 13. The second-order valence-electron chi connectivity index (χ2n) is 11.8. The number of ether oxygens (including phenoxy) is 1. The third kappa shape index (κ3) is 7.14. The van der Waals surface area contributed by atoms with E-state index in [4.69, 9.17) is 4.74 Å². The van der Waals surface area contributed by atoms with Crippen molar-refractivity contribution >= 4 is 29.1 Å². The maximum Gasteiger partial charge on any atom is 0.264 e. The molecule has 0 spiro atoms. The van der Waals surface area contributed by atoms with Gasteiger partial charge in [0, 0.05) is 36.7 Å². The molecule has 2 aliphatic heterocycles. The van der Waals surface area contributed by atoms with E-state index >= 15 is 0 Å². The Bertz CT molecular complexity index is 1570. The third-order valence-electron chi connectivity index (χ3n) is 8.70. The summed E-state index contributed by atoms with van der Waals surface area (Å²) in [5.74, 6) is -0.935. The zero-order valence-corrected chi connectivity index (χ0v) is 26.3. The lowest BCUT2D eigenvalue weighted by Gasteiger charge is -2.28. The summed E-state index contributed by atoms with van der Waals surface area (Å²) >= 11 is 0. The molecule has 0 unspecified atom stereocenters. The number of amides is 3. The molecule has 10 nitrogen and oxygen atoms in total. The Kier molecular flexibility index (Phi) is 10.5. The SMILES string of the molecule is COc1ccc2c(c1)[C@](O)([C@@H](C)/C=C/CC(=O)N(CCO)Cc1ccccc1)C(=O)N2Cc1cccc(NC(=O)[C@H]2CCCN2)c1. The first-order valence-electron chi connectivity index (χ1n) is 15.7. The first kappa shape index (κ1) is 32.9. The molecule has 3 atom stereocenters. The second-order valence-corrected chi connectivity index (χ2v) is 11.8. The average Bonchev–Trinajstić information content (AvgIpc) is 3.68. The van der Waals surface area contributed by atoms with Crippen molar-refractivity contribution in [3.8, 4) is 5.75 Å². The smallest absolute Gasteiger partial charge is 0.264 e. The van der Waals surface area contributed by atoms with Crippen molar-refractivity contribution in [2.45, 2.75) is 50.9 Å². The standard InChI is InChI=1S/C36H42N4O6/c1-25(9-6-15-33(42)39(19-20-41)23-26-10-4-3-5-11-26)36(45)30-22-29(46-2)16-17-32(30)40(35(36)44)24-27-12-7-13-28(21-27)38-34(43)31-14-8-18-37-31/h3-7,9-13,16-17,21-22,25,31,37,41,45H,8,14-15,18-20,23-24H2,1-2H3,(H,38,43)/b9-6+/t25-,31+,36+/m0/s1. The minimum atomic E-state index is -1.90. The van der Waals surface area contributed by atoms with Crippen LogP contribution >= 0.6 is 0 Å². The highest BCUT2D eigenvalue weighted by atomic mass is 16.5. The molecule has 3 aromatic rings. The molecule has 0 bridgehead atoms. The monoisotopic (exact) mass is 626 g/mol. The number of aliphatic hydroxyl groups is 2. The van der Waals surface area contributed by atoms with Crippen molar-refractivity contribution in [3.05, 3.63) is 102 Å². The highest BCUT2D eigenvalue weighted by Crippen LogP contribution is 2.47. The molecule has 10 heteroatoms. The molecule has 0 radical (unpaired) electrons. The van der Waals surface area contributed by atoms with Gasteiger partial charge in [-0.05, 0) is 60.8 Å². The molecule has 1 saturated heterocycles. The van der Waals surface area contributed by atoms with Crippen LogP contribution < -0.4 is 20.3 Å². The van der Waals surface area contributed by atoms with E-state index in [-0.39, 0.29) is 44.0 Å². The van der Waals surface area contributed by atoms with Gasteiger partial charge < -0.3 is 35.4 Å². The molecule has 3 amide bonds. The van der Waals surface area contributed by atoms with Gasteiger partial charge in [-0.15, -0.1) is 0 Å². The summed E-state index contributed by atoms with van der Waals surface area (Å²) in [4.78, 5) is 42.9. The summed E-state index contributed by atoms with van der Waals surface area (Å²) in [6.07, 6.45) is 5.16. The number of carbonyl (C=O) groups excluding carboxylic acids is 3. The summed E-state index contributed by atoms with van der Waals surface area (Å²) in [5, 5.41) is 27.8. The van der Waals surface area contributed by atoms with E-state index in [1.807, 2.05) is 54.6 Å². The van der Waals surface area contributed by atoms with Crippen LogP contribution in [-0.2, 0) is 33.1 Å². The van der Waals surface area contributed by atoms with Gasteiger partial charge in [-0.25, -0.2) is 0 Å². The first-order chi connectivity index (χ1) is 22.2. The predicted molar refractivity (Wildman–Crippen MR) is 176 cm³/mol. The number of aliphatic hydroxyl groups excluding tert-OH is 1. The molecule has 2 aliphatic rings. The maximum absolute atomic E-state index is 14.1. The van der Waals surface area contributed by atoms with Gasteiger partial charge in [-0.3, -0.25) is 14.4 Å². The van der Waals surface area contributed by atoms with Crippen LogP contribution in [0.2, 0.25) is 0 Å².